The highest BCUT2D eigenvalue weighted by atomic mass is 32.1. The number of hydrogen-bond donors (Lipinski definition) is 1. The molecule has 0 saturated heterocycles. The van der Waals surface area contributed by atoms with E-state index in [1.807, 2.05) is 6.07 Å². The number of rotatable bonds is 3. The summed E-state index contributed by atoms with van der Waals surface area (Å²) in [5.74, 6) is 0.616. The minimum absolute atomic E-state index is 0.457. The highest BCUT2D eigenvalue weighted by molar-refractivity contribution is 7.80. The van der Waals surface area contributed by atoms with Gasteiger partial charge in [-0.05, 0) is 35.1 Å². The first kappa shape index (κ1) is 12.6. The Balaban J connectivity index is 1.68. The van der Waals surface area contributed by atoms with E-state index in [1.165, 1.54) is 28.5 Å². The number of nitrogens with two attached hydrogens (primary N) is 1. The maximum absolute atomic E-state index is 5.75. The van der Waals surface area contributed by atoms with E-state index >= 15 is 0 Å². The van der Waals surface area contributed by atoms with Crippen molar-refractivity contribution in [1.82, 2.24) is 4.57 Å². The van der Waals surface area contributed by atoms with E-state index in [9.17, 15) is 0 Å². The van der Waals surface area contributed by atoms with E-state index in [2.05, 4.69) is 53.2 Å². The molecule has 1 aromatic heterocycles. The van der Waals surface area contributed by atoms with Crippen LogP contribution < -0.4 is 5.73 Å². The van der Waals surface area contributed by atoms with Crippen LogP contribution in [0.4, 0.5) is 0 Å². The zero-order valence-corrected chi connectivity index (χ0v) is 12.4. The van der Waals surface area contributed by atoms with E-state index in [4.69, 9.17) is 18.0 Å². The van der Waals surface area contributed by atoms with Crippen LogP contribution in [0.15, 0.2) is 54.7 Å². The molecular weight excluding hydrogens is 276 g/mol. The molecule has 1 unspecified atom stereocenters. The Kier molecular flexibility index (Phi) is 2.82. The van der Waals surface area contributed by atoms with Crippen molar-refractivity contribution < 1.29 is 0 Å². The summed E-state index contributed by atoms with van der Waals surface area (Å²) in [6.45, 7) is 1.02. The van der Waals surface area contributed by atoms with Crippen LogP contribution in [0.3, 0.4) is 0 Å². The molecule has 1 aliphatic rings. The van der Waals surface area contributed by atoms with E-state index in [1.54, 1.807) is 0 Å². The lowest BCUT2D eigenvalue weighted by Gasteiger charge is -2.30. The van der Waals surface area contributed by atoms with Crippen molar-refractivity contribution >= 4 is 28.1 Å². The molecule has 1 atom stereocenters. The van der Waals surface area contributed by atoms with Gasteiger partial charge >= 0.3 is 0 Å². The molecule has 4 rings (SSSR count). The standard InChI is InChI=1S/C18H16N2S/c19-18(21)14-6-5-12-7-8-20(17(12)10-14)11-15-9-13-3-1-2-4-16(13)15/h1-8,10,15H,9,11H2,(H2,19,21). The van der Waals surface area contributed by atoms with Crippen LogP contribution in [0.2, 0.25) is 0 Å². The Morgan fingerprint density at radius 2 is 2.05 bits per heavy atom. The summed E-state index contributed by atoms with van der Waals surface area (Å²) >= 11 is 5.08. The number of nitrogens with zero attached hydrogens (tertiary/aromatic N) is 1. The fraction of sp³-hybridized carbons (Fsp3) is 0.167. The van der Waals surface area contributed by atoms with Gasteiger partial charge in [-0.2, -0.15) is 0 Å². The van der Waals surface area contributed by atoms with Crippen LogP contribution in [0.5, 0.6) is 0 Å². The minimum Gasteiger partial charge on any atom is -0.389 e. The second kappa shape index (κ2) is 4.71. The van der Waals surface area contributed by atoms with Crippen molar-refractivity contribution in [3.63, 3.8) is 0 Å². The molecule has 0 amide bonds. The highest BCUT2D eigenvalue weighted by Gasteiger charge is 2.25. The molecular formula is C18H16N2S. The van der Waals surface area contributed by atoms with E-state index in [-0.39, 0.29) is 0 Å². The maximum atomic E-state index is 5.75. The number of hydrogen-bond acceptors (Lipinski definition) is 1. The van der Waals surface area contributed by atoms with Gasteiger partial charge in [-0.3, -0.25) is 0 Å². The van der Waals surface area contributed by atoms with Crippen molar-refractivity contribution in [3.05, 3.63) is 71.4 Å². The van der Waals surface area contributed by atoms with E-state index in [0.29, 0.717) is 10.9 Å². The Bertz CT molecular complexity index is 847. The fourth-order valence-electron chi connectivity index (χ4n) is 3.26. The molecule has 0 bridgehead atoms. The molecule has 3 heteroatoms. The monoisotopic (exact) mass is 292 g/mol. The first-order chi connectivity index (χ1) is 10.2. The van der Waals surface area contributed by atoms with Crippen LogP contribution in [0, 0.1) is 0 Å². The summed E-state index contributed by atoms with van der Waals surface area (Å²) in [5, 5.41) is 1.24. The van der Waals surface area contributed by atoms with Crippen molar-refractivity contribution in [3.8, 4) is 0 Å². The second-order valence-electron chi connectivity index (χ2n) is 5.71. The Morgan fingerprint density at radius 3 is 2.86 bits per heavy atom. The summed E-state index contributed by atoms with van der Waals surface area (Å²) in [7, 11) is 0. The van der Waals surface area contributed by atoms with Gasteiger partial charge in [0.05, 0.1) is 0 Å². The van der Waals surface area contributed by atoms with Gasteiger partial charge < -0.3 is 10.3 Å². The molecule has 2 aromatic carbocycles. The SMILES string of the molecule is NC(=S)c1ccc2ccn(CC3Cc4ccccc43)c2c1. The van der Waals surface area contributed by atoms with Gasteiger partial charge in [-0.1, -0.05) is 48.6 Å². The summed E-state index contributed by atoms with van der Waals surface area (Å²) < 4.78 is 2.32. The molecule has 1 heterocycles. The van der Waals surface area contributed by atoms with Crippen LogP contribution >= 0.6 is 12.2 Å². The van der Waals surface area contributed by atoms with Crippen LogP contribution in [0.1, 0.15) is 22.6 Å². The highest BCUT2D eigenvalue weighted by Crippen LogP contribution is 2.36. The predicted molar refractivity (Wildman–Crippen MR) is 90.7 cm³/mol. The normalized spacial score (nSPS) is 16.5. The summed E-state index contributed by atoms with van der Waals surface area (Å²) in [6.07, 6.45) is 3.33. The van der Waals surface area contributed by atoms with Crippen molar-refractivity contribution in [2.75, 3.05) is 0 Å². The third-order valence-electron chi connectivity index (χ3n) is 4.44. The Hall–Kier alpha value is -2.13. The van der Waals surface area contributed by atoms with Crippen molar-refractivity contribution in [2.45, 2.75) is 18.9 Å². The second-order valence-corrected chi connectivity index (χ2v) is 6.15. The van der Waals surface area contributed by atoms with Crippen molar-refractivity contribution in [1.29, 1.82) is 0 Å². The lowest BCUT2D eigenvalue weighted by atomic mass is 9.77. The number of fused-ring (bicyclic) bond motifs is 2. The van der Waals surface area contributed by atoms with Gasteiger partial charge in [-0.25, -0.2) is 0 Å². The molecule has 0 spiro atoms. The summed E-state index contributed by atoms with van der Waals surface area (Å²) in [5.41, 5.74) is 10.9. The van der Waals surface area contributed by atoms with Crippen molar-refractivity contribution in [2.24, 2.45) is 5.73 Å². The average Bonchev–Trinajstić information content (AvgIpc) is 2.87. The molecule has 1 aliphatic carbocycles. The fourth-order valence-corrected chi connectivity index (χ4v) is 3.39. The Morgan fingerprint density at radius 1 is 1.19 bits per heavy atom. The van der Waals surface area contributed by atoms with E-state index < -0.39 is 0 Å². The topological polar surface area (TPSA) is 30.9 Å². The van der Waals surface area contributed by atoms with Gasteiger partial charge in [0.2, 0.25) is 0 Å². The summed E-state index contributed by atoms with van der Waals surface area (Å²) in [6, 6.07) is 17.1. The average molecular weight is 292 g/mol. The number of thiocarbonyl (C=S) groups is 1. The predicted octanol–water partition coefficient (Wildman–Crippen LogP) is 3.62. The molecule has 0 saturated carbocycles. The molecule has 2 nitrogen and oxygen atoms in total. The lowest BCUT2D eigenvalue weighted by molar-refractivity contribution is 0.518. The number of benzene rings is 2. The van der Waals surface area contributed by atoms with Gasteiger partial charge in [0, 0.05) is 29.7 Å². The zero-order chi connectivity index (χ0) is 14.4. The molecule has 0 fully saturated rings. The van der Waals surface area contributed by atoms with Gasteiger partial charge in [0.25, 0.3) is 0 Å². The molecule has 104 valence electrons. The number of aromatic nitrogens is 1. The minimum atomic E-state index is 0.457. The third kappa shape index (κ3) is 2.05. The lowest BCUT2D eigenvalue weighted by Crippen LogP contribution is -2.21. The van der Waals surface area contributed by atoms with E-state index in [0.717, 1.165) is 12.1 Å². The summed E-state index contributed by atoms with van der Waals surface area (Å²) in [4.78, 5) is 0.457. The maximum Gasteiger partial charge on any atom is 0.104 e. The van der Waals surface area contributed by atoms with Gasteiger partial charge in [-0.15, -0.1) is 0 Å². The third-order valence-corrected chi connectivity index (χ3v) is 4.67. The zero-order valence-electron chi connectivity index (χ0n) is 11.6. The van der Waals surface area contributed by atoms with Crippen LogP contribution in [-0.4, -0.2) is 9.56 Å². The molecule has 2 N–H and O–H groups in total. The van der Waals surface area contributed by atoms with Crippen LogP contribution in [-0.2, 0) is 13.0 Å². The Labute approximate surface area is 129 Å². The first-order valence-corrected chi connectivity index (χ1v) is 7.60. The van der Waals surface area contributed by atoms with Gasteiger partial charge in [0.1, 0.15) is 4.99 Å². The molecule has 0 radical (unpaired) electrons. The molecule has 21 heavy (non-hydrogen) atoms. The first-order valence-electron chi connectivity index (χ1n) is 7.19. The van der Waals surface area contributed by atoms with Gasteiger partial charge in [0.15, 0.2) is 0 Å². The van der Waals surface area contributed by atoms with Crippen LogP contribution in [0.25, 0.3) is 10.9 Å². The quantitative estimate of drug-likeness (QED) is 0.748. The largest absolute Gasteiger partial charge is 0.389 e. The molecule has 0 aliphatic heterocycles. The molecule has 3 aromatic rings. The smallest absolute Gasteiger partial charge is 0.104 e.